The third-order valence-corrected chi connectivity index (χ3v) is 6.32. The Labute approximate surface area is 169 Å². The first-order valence-electron chi connectivity index (χ1n) is 7.61. The lowest BCUT2D eigenvalue weighted by Crippen LogP contribution is -2.23. The Hall–Kier alpha value is -3.13. The largest absolute Gasteiger partial charge is 0.501 e. The van der Waals surface area contributed by atoms with Gasteiger partial charge in [-0.25, -0.2) is 8.42 Å². The highest BCUT2D eigenvalue weighted by atomic mass is 32.2. The summed E-state index contributed by atoms with van der Waals surface area (Å²) < 4.78 is 78.0. The van der Waals surface area contributed by atoms with E-state index in [1.807, 2.05) is 0 Å². The van der Waals surface area contributed by atoms with Crippen molar-refractivity contribution < 1.29 is 45.0 Å². The van der Waals surface area contributed by atoms with Crippen LogP contribution in [0.1, 0.15) is 10.4 Å². The number of benzene rings is 2. The van der Waals surface area contributed by atoms with E-state index in [0.29, 0.717) is 18.4 Å². The number of para-hydroxylation sites is 1. The Balaban J connectivity index is 2.32. The fraction of sp³-hybridized carbons (Fsp3) is 0.125. The van der Waals surface area contributed by atoms with E-state index >= 15 is 0 Å². The molecule has 0 aliphatic rings. The van der Waals surface area contributed by atoms with Gasteiger partial charge >= 0.3 is 11.5 Å². The summed E-state index contributed by atoms with van der Waals surface area (Å²) in [5.41, 5.74) is -6.87. The summed E-state index contributed by atoms with van der Waals surface area (Å²) in [6, 6.07) is 6.59. The van der Waals surface area contributed by atoms with Crippen molar-refractivity contribution in [2.75, 3.05) is 5.75 Å². The summed E-state index contributed by atoms with van der Waals surface area (Å²) in [4.78, 5) is 30.7. The predicted octanol–water partition coefficient (Wildman–Crippen LogP) is 2.41. The number of alkyl halides is 3. The Morgan fingerprint density at radius 1 is 1.20 bits per heavy atom. The predicted molar refractivity (Wildman–Crippen MR) is 95.1 cm³/mol. The number of nitro benzene ring substituents is 1. The van der Waals surface area contributed by atoms with Gasteiger partial charge in [-0.2, -0.15) is 13.2 Å². The van der Waals surface area contributed by atoms with E-state index in [0.717, 1.165) is 0 Å². The second kappa shape index (κ2) is 8.71. The maximum Gasteiger partial charge on any atom is 0.501 e. The maximum absolute atomic E-state index is 12.6. The minimum atomic E-state index is -5.87. The number of carbonyl (C=O) groups excluding carboxylic acids is 2. The second-order valence-electron chi connectivity index (χ2n) is 5.46. The molecule has 2 rings (SSSR count). The number of sulfone groups is 1. The van der Waals surface area contributed by atoms with Crippen LogP contribution < -0.4 is 4.74 Å². The van der Waals surface area contributed by atoms with Crippen molar-refractivity contribution in [3.63, 3.8) is 0 Å². The summed E-state index contributed by atoms with van der Waals surface area (Å²) in [6.07, 6.45) is 0.393. The Morgan fingerprint density at radius 3 is 2.40 bits per heavy atom. The van der Waals surface area contributed by atoms with E-state index in [-0.39, 0.29) is 17.4 Å². The first-order chi connectivity index (χ1) is 13.9. The average molecular weight is 465 g/mol. The second-order valence-corrected chi connectivity index (χ2v) is 8.82. The van der Waals surface area contributed by atoms with Crippen LogP contribution in [0.25, 0.3) is 0 Å². The molecule has 1 atom stereocenters. The number of ether oxygens (including phenoxy) is 1. The molecular weight excluding hydrogens is 455 g/mol. The quantitative estimate of drug-likeness (QED) is 0.200. The van der Waals surface area contributed by atoms with Gasteiger partial charge < -0.3 is 4.74 Å². The molecule has 14 heteroatoms. The van der Waals surface area contributed by atoms with Gasteiger partial charge in [0.15, 0.2) is 6.29 Å². The lowest BCUT2D eigenvalue weighted by molar-refractivity contribution is -0.388. The number of rotatable bonds is 7. The van der Waals surface area contributed by atoms with Crippen LogP contribution in [-0.4, -0.2) is 41.1 Å². The minimum Gasteiger partial charge on any atom is -0.425 e. The zero-order valence-electron chi connectivity index (χ0n) is 14.5. The van der Waals surface area contributed by atoms with Crippen molar-refractivity contribution in [1.29, 1.82) is 0 Å². The molecule has 0 bridgehead atoms. The van der Waals surface area contributed by atoms with E-state index in [4.69, 9.17) is 4.74 Å². The number of hydrogen-bond acceptors (Lipinski definition) is 8. The van der Waals surface area contributed by atoms with Crippen LogP contribution >= 0.6 is 0 Å². The first kappa shape index (κ1) is 23.2. The molecule has 0 spiro atoms. The third kappa shape index (κ3) is 4.88. The Kier molecular flexibility index (Phi) is 6.72. The van der Waals surface area contributed by atoms with Gasteiger partial charge in [0.05, 0.1) is 26.2 Å². The molecule has 2 aromatic carbocycles. The molecule has 0 N–H and O–H groups in total. The van der Waals surface area contributed by atoms with Gasteiger partial charge in [0, 0.05) is 6.07 Å². The summed E-state index contributed by atoms with van der Waals surface area (Å²) in [5, 5.41) is 11.2. The van der Waals surface area contributed by atoms with Crippen LogP contribution in [0.2, 0.25) is 0 Å². The molecule has 160 valence electrons. The average Bonchev–Trinajstić information content (AvgIpc) is 2.66. The summed E-state index contributed by atoms with van der Waals surface area (Å²) >= 11 is 0. The van der Waals surface area contributed by atoms with E-state index in [1.54, 1.807) is 0 Å². The Morgan fingerprint density at radius 2 is 1.83 bits per heavy atom. The van der Waals surface area contributed by atoms with Gasteiger partial charge in [0.25, 0.3) is 15.5 Å². The number of aldehydes is 1. The normalized spacial score (nSPS) is 12.8. The monoisotopic (exact) mass is 465 g/mol. The van der Waals surface area contributed by atoms with Crippen LogP contribution in [0.5, 0.6) is 5.75 Å². The smallest absolute Gasteiger partial charge is 0.425 e. The van der Waals surface area contributed by atoms with Gasteiger partial charge in [-0.1, -0.05) is 12.1 Å². The molecule has 0 aliphatic carbocycles. The first-order valence-corrected chi connectivity index (χ1v) is 10.4. The van der Waals surface area contributed by atoms with Crippen molar-refractivity contribution in [3.8, 4) is 5.75 Å². The molecular formula is C16H10F3NO8S2. The van der Waals surface area contributed by atoms with Gasteiger partial charge in [0.2, 0.25) is 0 Å². The number of carbonyl (C=O) groups is 2. The molecule has 0 radical (unpaired) electrons. The van der Waals surface area contributed by atoms with Crippen LogP contribution in [0.4, 0.5) is 18.9 Å². The van der Waals surface area contributed by atoms with Gasteiger partial charge in [-0.05, 0) is 24.3 Å². The van der Waals surface area contributed by atoms with Crippen LogP contribution in [0.3, 0.4) is 0 Å². The fourth-order valence-electron chi connectivity index (χ4n) is 2.14. The lowest BCUT2D eigenvalue weighted by Gasteiger charge is -2.10. The van der Waals surface area contributed by atoms with Crippen LogP contribution in [0, 0.1) is 10.1 Å². The maximum atomic E-state index is 12.6. The standard InChI is InChI=1S/C16H10F3NO8S2/c17-16(18,19)30(26,27)11-5-6-14(12(7-11)20(23)24)29(25)9-15(22)28-13-4-2-1-3-10(13)8-21/h1-8H,9H2. The summed E-state index contributed by atoms with van der Waals surface area (Å²) in [6.45, 7) is 0. The van der Waals surface area contributed by atoms with Crippen molar-refractivity contribution in [2.24, 2.45) is 0 Å². The molecule has 2 aromatic rings. The van der Waals surface area contributed by atoms with Crippen LogP contribution in [-0.2, 0) is 25.4 Å². The highest BCUT2D eigenvalue weighted by Crippen LogP contribution is 2.34. The fourth-order valence-corrected chi connectivity index (χ4v) is 3.94. The van der Waals surface area contributed by atoms with Crippen molar-refractivity contribution in [3.05, 3.63) is 58.1 Å². The van der Waals surface area contributed by atoms with E-state index < -0.39 is 58.3 Å². The molecule has 0 heterocycles. The highest BCUT2D eigenvalue weighted by Gasteiger charge is 2.47. The Bertz CT molecular complexity index is 1150. The minimum absolute atomic E-state index is 0.00400. The summed E-state index contributed by atoms with van der Waals surface area (Å²) in [7, 11) is -8.34. The molecule has 0 fully saturated rings. The van der Waals surface area contributed by atoms with Crippen molar-refractivity contribution in [1.82, 2.24) is 0 Å². The zero-order chi connectivity index (χ0) is 22.7. The molecule has 9 nitrogen and oxygen atoms in total. The molecule has 0 saturated heterocycles. The zero-order valence-corrected chi connectivity index (χ0v) is 16.1. The molecule has 0 amide bonds. The van der Waals surface area contributed by atoms with Gasteiger partial charge in [0.1, 0.15) is 16.4 Å². The van der Waals surface area contributed by atoms with Crippen LogP contribution in [0.15, 0.2) is 52.3 Å². The van der Waals surface area contributed by atoms with Gasteiger partial charge in [-0.3, -0.25) is 23.9 Å². The van der Waals surface area contributed by atoms with E-state index in [1.165, 1.54) is 24.3 Å². The van der Waals surface area contributed by atoms with Crippen molar-refractivity contribution in [2.45, 2.75) is 15.3 Å². The topological polar surface area (TPSA) is 138 Å². The molecule has 0 aliphatic heterocycles. The third-order valence-electron chi connectivity index (χ3n) is 3.51. The van der Waals surface area contributed by atoms with Gasteiger partial charge in [-0.15, -0.1) is 0 Å². The molecule has 0 aromatic heterocycles. The van der Waals surface area contributed by atoms with E-state index in [2.05, 4.69) is 0 Å². The molecule has 0 saturated carbocycles. The summed E-state index contributed by atoms with van der Waals surface area (Å²) in [5.74, 6) is -2.25. The lowest BCUT2D eigenvalue weighted by atomic mass is 10.2. The number of halogens is 3. The SMILES string of the molecule is O=Cc1ccccc1OC(=O)CS(=O)c1ccc(S(=O)(=O)C(F)(F)F)cc1[N+](=O)[O-]. The number of nitro groups is 1. The number of hydrogen-bond donors (Lipinski definition) is 0. The molecule has 30 heavy (non-hydrogen) atoms. The molecule has 1 unspecified atom stereocenters. The van der Waals surface area contributed by atoms with E-state index in [9.17, 15) is 45.5 Å². The van der Waals surface area contributed by atoms with Crippen molar-refractivity contribution >= 4 is 38.6 Å². The number of nitrogens with zero attached hydrogens (tertiary/aromatic N) is 1. The number of esters is 1. The highest BCUT2D eigenvalue weighted by molar-refractivity contribution is 7.92.